The lowest BCUT2D eigenvalue weighted by Crippen LogP contribution is -2.16. The molecule has 3 heteroatoms. The quantitative estimate of drug-likeness (QED) is 0.171. The van der Waals surface area contributed by atoms with Gasteiger partial charge in [-0.25, -0.2) is 0 Å². The zero-order valence-corrected chi connectivity index (χ0v) is 30.8. The summed E-state index contributed by atoms with van der Waals surface area (Å²) < 4.78 is 2.54. The van der Waals surface area contributed by atoms with Crippen LogP contribution < -0.4 is 4.90 Å². The van der Waals surface area contributed by atoms with E-state index in [4.69, 9.17) is 12.6 Å². The van der Waals surface area contributed by atoms with E-state index in [1.807, 2.05) is 0 Å². The fourth-order valence-corrected chi connectivity index (χ4v) is 9.16. The van der Waals surface area contributed by atoms with E-state index >= 15 is 0 Å². The Balaban J connectivity index is 1.15. The first-order valence-electron chi connectivity index (χ1n) is 18.8. The molecule has 2 nitrogen and oxygen atoms in total. The third-order valence-corrected chi connectivity index (χ3v) is 11.9. The van der Waals surface area contributed by atoms with Gasteiger partial charge in [0.15, 0.2) is 0 Å². The Labute approximate surface area is 313 Å². The standard InChI is InChI=1S/C49H44N2S/c1-33-27-30-48-45(31-33)43-22-7-8-25-47(43)51(48)39-19-11-18-38(32-39)50(46-26-10-16-35-14-4-6-21-41(35)46)37-17-9-15-36(28-29-37)42-23-12-24-44(49(42)52)40-20-5-3-13-34(40)2/h3-8,10-26,28-29,32-34,40,52H,9,27,30-31H2,1-2H3. The number of rotatable bonds is 6. The minimum absolute atomic E-state index is 0.321. The Hall–Kier alpha value is -5.25. The Kier molecular flexibility index (Phi) is 8.61. The minimum atomic E-state index is 0.321. The maximum Gasteiger partial charge on any atom is 0.0539 e. The van der Waals surface area contributed by atoms with Crippen LogP contribution in [0, 0.1) is 11.8 Å². The smallest absolute Gasteiger partial charge is 0.0539 e. The molecule has 0 saturated carbocycles. The molecule has 0 aliphatic heterocycles. The van der Waals surface area contributed by atoms with Gasteiger partial charge in [-0.05, 0) is 102 Å². The van der Waals surface area contributed by atoms with Crippen molar-refractivity contribution in [3.63, 3.8) is 0 Å². The average Bonchev–Trinajstić information content (AvgIpc) is 3.30. The third-order valence-electron chi connectivity index (χ3n) is 11.4. The minimum Gasteiger partial charge on any atom is -0.313 e. The van der Waals surface area contributed by atoms with Gasteiger partial charge in [-0.15, -0.1) is 12.6 Å². The van der Waals surface area contributed by atoms with Gasteiger partial charge in [0.05, 0.1) is 11.2 Å². The van der Waals surface area contributed by atoms with Gasteiger partial charge in [-0.2, -0.15) is 0 Å². The van der Waals surface area contributed by atoms with Gasteiger partial charge < -0.3 is 9.47 Å². The Bertz CT molecular complexity index is 2480. The van der Waals surface area contributed by atoms with E-state index < -0.39 is 0 Å². The van der Waals surface area contributed by atoms with Gasteiger partial charge in [0.25, 0.3) is 0 Å². The van der Waals surface area contributed by atoms with Crippen LogP contribution in [-0.4, -0.2) is 4.57 Å². The van der Waals surface area contributed by atoms with Crippen LogP contribution in [0.4, 0.5) is 11.4 Å². The summed E-state index contributed by atoms with van der Waals surface area (Å²) in [6.07, 6.45) is 22.5. The number of fused-ring (bicyclic) bond motifs is 4. The molecule has 1 heterocycles. The zero-order valence-electron chi connectivity index (χ0n) is 29.9. The number of aromatic nitrogens is 1. The molecule has 0 amide bonds. The molecule has 3 atom stereocenters. The maximum atomic E-state index is 5.17. The van der Waals surface area contributed by atoms with Crippen LogP contribution in [0.2, 0.25) is 0 Å². The van der Waals surface area contributed by atoms with Crippen molar-refractivity contribution < 1.29 is 0 Å². The largest absolute Gasteiger partial charge is 0.313 e. The topological polar surface area (TPSA) is 8.17 Å². The number of anilines is 2. The van der Waals surface area contributed by atoms with Crippen LogP contribution in [0.5, 0.6) is 0 Å². The summed E-state index contributed by atoms with van der Waals surface area (Å²) in [5, 5.41) is 3.86. The molecule has 0 spiro atoms. The van der Waals surface area contributed by atoms with E-state index in [0.717, 1.165) is 35.5 Å². The molecule has 256 valence electrons. The lowest BCUT2D eigenvalue weighted by atomic mass is 9.83. The monoisotopic (exact) mass is 692 g/mol. The zero-order chi connectivity index (χ0) is 35.2. The summed E-state index contributed by atoms with van der Waals surface area (Å²) in [7, 11) is 0. The van der Waals surface area contributed by atoms with Gasteiger partial charge in [0.1, 0.15) is 0 Å². The van der Waals surface area contributed by atoms with Crippen LogP contribution in [0.25, 0.3) is 32.9 Å². The Morgan fingerprint density at radius 1 is 0.750 bits per heavy atom. The molecule has 5 aromatic carbocycles. The van der Waals surface area contributed by atoms with Gasteiger partial charge >= 0.3 is 0 Å². The number of para-hydroxylation sites is 1. The first-order chi connectivity index (χ1) is 25.5. The molecule has 52 heavy (non-hydrogen) atoms. The highest BCUT2D eigenvalue weighted by atomic mass is 32.1. The summed E-state index contributed by atoms with van der Waals surface area (Å²) in [4.78, 5) is 3.52. The van der Waals surface area contributed by atoms with Crippen molar-refractivity contribution in [2.45, 2.75) is 50.3 Å². The first kappa shape index (κ1) is 32.6. The van der Waals surface area contributed by atoms with Gasteiger partial charge in [0.2, 0.25) is 0 Å². The lowest BCUT2D eigenvalue weighted by Gasteiger charge is -2.28. The van der Waals surface area contributed by atoms with Crippen LogP contribution in [0.1, 0.15) is 55.0 Å². The Morgan fingerprint density at radius 3 is 2.44 bits per heavy atom. The SMILES string of the molecule is CC1CCc2c(c3ccccc3n2-c2cccc(N(C3=CCC=C(c4cccc(C5C=CC=CC5C)c4S)C=C3)c3cccc4ccccc34)c2)C1. The fourth-order valence-electron chi connectivity index (χ4n) is 8.73. The van der Waals surface area contributed by atoms with Gasteiger partial charge in [-0.3, -0.25) is 0 Å². The average molecular weight is 693 g/mol. The molecular formula is C49H44N2S. The molecule has 3 aliphatic carbocycles. The summed E-state index contributed by atoms with van der Waals surface area (Å²) in [6, 6.07) is 40.2. The van der Waals surface area contributed by atoms with Crippen molar-refractivity contribution in [2.75, 3.05) is 4.90 Å². The summed E-state index contributed by atoms with van der Waals surface area (Å²) in [6.45, 7) is 4.68. The van der Waals surface area contributed by atoms with Crippen LogP contribution in [0.15, 0.2) is 168 Å². The molecule has 0 saturated heterocycles. The van der Waals surface area contributed by atoms with Crippen LogP contribution >= 0.6 is 12.6 Å². The second-order valence-corrected chi connectivity index (χ2v) is 15.2. The number of nitrogens with zero attached hydrogens (tertiary/aromatic N) is 2. The molecule has 6 aromatic rings. The van der Waals surface area contributed by atoms with E-state index in [-0.39, 0.29) is 0 Å². The first-order valence-corrected chi connectivity index (χ1v) is 19.2. The molecule has 1 aromatic heterocycles. The fraction of sp³-hybridized carbons (Fsp3) is 0.184. The second kappa shape index (κ2) is 13.7. The predicted molar refractivity (Wildman–Crippen MR) is 224 cm³/mol. The highest BCUT2D eigenvalue weighted by Crippen LogP contribution is 2.42. The maximum absolute atomic E-state index is 5.17. The lowest BCUT2D eigenvalue weighted by molar-refractivity contribution is 0.495. The van der Waals surface area contributed by atoms with Gasteiger partial charge in [0, 0.05) is 44.4 Å². The normalized spacial score (nSPS) is 19.7. The molecule has 0 bridgehead atoms. The molecular weight excluding hydrogens is 649 g/mol. The highest BCUT2D eigenvalue weighted by Gasteiger charge is 2.25. The second-order valence-electron chi connectivity index (χ2n) is 14.7. The number of hydrogen-bond acceptors (Lipinski definition) is 2. The molecule has 0 fully saturated rings. The number of allylic oxidation sites excluding steroid dienone is 9. The van der Waals surface area contributed by atoms with Crippen molar-refractivity contribution in [2.24, 2.45) is 11.8 Å². The van der Waals surface area contributed by atoms with Crippen molar-refractivity contribution in [3.8, 4) is 5.69 Å². The highest BCUT2D eigenvalue weighted by molar-refractivity contribution is 7.80. The van der Waals surface area contributed by atoms with Crippen LogP contribution in [0.3, 0.4) is 0 Å². The molecule has 0 N–H and O–H groups in total. The van der Waals surface area contributed by atoms with Gasteiger partial charge in [-0.1, -0.05) is 135 Å². The van der Waals surface area contributed by atoms with E-state index in [1.54, 1.807) is 0 Å². The molecule has 3 unspecified atom stereocenters. The summed E-state index contributed by atoms with van der Waals surface area (Å²) in [5.74, 6) is 1.46. The summed E-state index contributed by atoms with van der Waals surface area (Å²) >= 11 is 5.17. The number of thiol groups is 1. The van der Waals surface area contributed by atoms with E-state index in [9.17, 15) is 0 Å². The van der Waals surface area contributed by atoms with E-state index in [2.05, 4.69) is 181 Å². The number of benzene rings is 5. The van der Waals surface area contributed by atoms with Crippen molar-refractivity contribution in [1.29, 1.82) is 0 Å². The number of hydrogen-bond donors (Lipinski definition) is 1. The van der Waals surface area contributed by atoms with E-state index in [0.29, 0.717) is 17.8 Å². The van der Waals surface area contributed by atoms with Crippen LogP contribution in [-0.2, 0) is 12.8 Å². The molecule has 9 rings (SSSR count). The van der Waals surface area contributed by atoms with Crippen molar-refractivity contribution in [1.82, 2.24) is 4.57 Å². The van der Waals surface area contributed by atoms with Crippen molar-refractivity contribution >= 4 is 51.3 Å². The molecule has 3 aliphatic rings. The molecule has 0 radical (unpaired) electrons. The third kappa shape index (κ3) is 5.78. The summed E-state index contributed by atoms with van der Waals surface area (Å²) in [5.41, 5.74) is 12.6. The Morgan fingerprint density at radius 2 is 1.54 bits per heavy atom. The van der Waals surface area contributed by atoms with E-state index in [1.165, 1.54) is 67.4 Å². The predicted octanol–water partition coefficient (Wildman–Crippen LogP) is 13.1. The van der Waals surface area contributed by atoms with Crippen molar-refractivity contribution in [3.05, 3.63) is 186 Å².